The van der Waals surface area contributed by atoms with Crippen molar-refractivity contribution in [2.24, 2.45) is 0 Å². The topological polar surface area (TPSA) is 108 Å². The summed E-state index contributed by atoms with van der Waals surface area (Å²) in [5.74, 6) is -0.902. The predicted octanol–water partition coefficient (Wildman–Crippen LogP) is 3.87. The molecule has 0 bridgehead atoms. The van der Waals surface area contributed by atoms with Gasteiger partial charge in [-0.3, -0.25) is 9.59 Å². The van der Waals surface area contributed by atoms with E-state index in [1.807, 2.05) is 62.4 Å². The maximum atomic E-state index is 13.7. The molecule has 0 heterocycles. The van der Waals surface area contributed by atoms with Crippen LogP contribution in [-0.2, 0) is 20.9 Å². The first-order valence-electron chi connectivity index (χ1n) is 12.3. The van der Waals surface area contributed by atoms with E-state index in [0.717, 1.165) is 17.5 Å². The Bertz CT molecular complexity index is 1000. The second-order valence-electron chi connectivity index (χ2n) is 9.79. The number of nitrogens with zero attached hydrogens (tertiary/aromatic N) is 1. The van der Waals surface area contributed by atoms with Crippen molar-refractivity contribution in [2.75, 3.05) is 13.2 Å². The number of benzene rings is 2. The number of ether oxygens (including phenoxy) is 1. The molecule has 0 aromatic heterocycles. The highest BCUT2D eigenvalue weighted by Crippen LogP contribution is 2.24. The zero-order valence-corrected chi connectivity index (χ0v) is 21.9. The van der Waals surface area contributed by atoms with Crippen molar-refractivity contribution in [1.82, 2.24) is 15.5 Å². The minimum absolute atomic E-state index is 0.277. The molecule has 0 spiro atoms. The number of aryl methyl sites for hydroxylation is 1. The van der Waals surface area contributed by atoms with Gasteiger partial charge < -0.3 is 25.4 Å². The Morgan fingerprint density at radius 3 is 2.33 bits per heavy atom. The molecule has 3 amide bonds. The molecular weight excluding hydrogens is 458 g/mol. The molecule has 2 rings (SSSR count). The number of aliphatic hydroxyl groups is 1. The average Bonchev–Trinajstić information content (AvgIpc) is 2.82. The largest absolute Gasteiger partial charge is 0.444 e. The van der Waals surface area contributed by atoms with Crippen molar-refractivity contribution >= 4 is 17.9 Å². The van der Waals surface area contributed by atoms with Gasteiger partial charge in [-0.15, -0.1) is 0 Å². The van der Waals surface area contributed by atoms with Crippen LogP contribution < -0.4 is 10.6 Å². The highest BCUT2D eigenvalue weighted by atomic mass is 16.6. The van der Waals surface area contributed by atoms with Gasteiger partial charge in [0.15, 0.2) is 0 Å². The summed E-state index contributed by atoms with van der Waals surface area (Å²) in [6.45, 7) is 8.98. The van der Waals surface area contributed by atoms with E-state index in [-0.39, 0.29) is 12.5 Å². The summed E-state index contributed by atoms with van der Waals surface area (Å²) in [5.41, 5.74) is 1.76. The number of alkyl carbamates (subject to hydrolysis) is 1. The number of rotatable bonds is 11. The molecule has 2 atom stereocenters. The third kappa shape index (κ3) is 9.00. The van der Waals surface area contributed by atoms with Crippen molar-refractivity contribution in [3.8, 4) is 0 Å². The van der Waals surface area contributed by atoms with Gasteiger partial charge in [0.1, 0.15) is 17.7 Å². The Kier molecular flexibility index (Phi) is 10.9. The first-order valence-corrected chi connectivity index (χ1v) is 12.3. The van der Waals surface area contributed by atoms with Crippen LogP contribution in [-0.4, -0.2) is 52.7 Å². The zero-order chi connectivity index (χ0) is 26.7. The Morgan fingerprint density at radius 1 is 1.06 bits per heavy atom. The number of hydrogen-bond donors (Lipinski definition) is 3. The Balaban J connectivity index is 2.38. The van der Waals surface area contributed by atoms with Crippen LogP contribution in [0, 0.1) is 6.92 Å². The molecule has 2 aromatic rings. The fourth-order valence-electron chi connectivity index (χ4n) is 3.73. The average molecular weight is 498 g/mol. The lowest BCUT2D eigenvalue weighted by Gasteiger charge is -2.34. The van der Waals surface area contributed by atoms with Crippen molar-refractivity contribution in [3.63, 3.8) is 0 Å². The molecule has 3 N–H and O–H groups in total. The van der Waals surface area contributed by atoms with Gasteiger partial charge in [0.2, 0.25) is 11.8 Å². The highest BCUT2D eigenvalue weighted by Gasteiger charge is 2.35. The van der Waals surface area contributed by atoms with Crippen molar-refractivity contribution in [2.45, 2.75) is 71.7 Å². The maximum absolute atomic E-state index is 13.7. The van der Waals surface area contributed by atoms with Gasteiger partial charge in [0.05, 0.1) is 6.61 Å². The lowest BCUT2D eigenvalue weighted by Crippen LogP contribution is -2.54. The second kappa shape index (κ2) is 13.6. The van der Waals surface area contributed by atoms with Crippen molar-refractivity contribution in [3.05, 3.63) is 71.3 Å². The number of aliphatic hydroxyl groups excluding tert-OH is 1. The summed E-state index contributed by atoms with van der Waals surface area (Å²) in [6, 6.07) is 14.7. The molecule has 0 fully saturated rings. The van der Waals surface area contributed by atoms with Gasteiger partial charge in [0.25, 0.3) is 0 Å². The summed E-state index contributed by atoms with van der Waals surface area (Å²) < 4.78 is 5.27. The lowest BCUT2D eigenvalue weighted by atomic mass is 10.0. The van der Waals surface area contributed by atoms with Crippen LogP contribution in [0.4, 0.5) is 4.79 Å². The van der Waals surface area contributed by atoms with Gasteiger partial charge in [-0.05, 0) is 45.2 Å². The minimum Gasteiger partial charge on any atom is -0.444 e. The molecule has 8 heteroatoms. The number of carbonyl (C=O) groups excluding carboxylic acids is 3. The normalized spacial score (nSPS) is 12.8. The van der Waals surface area contributed by atoms with Crippen LogP contribution in [0.15, 0.2) is 54.6 Å². The quantitative estimate of drug-likeness (QED) is 0.437. The van der Waals surface area contributed by atoms with Gasteiger partial charge >= 0.3 is 6.09 Å². The molecule has 0 aliphatic heterocycles. The van der Waals surface area contributed by atoms with Crippen LogP contribution >= 0.6 is 0 Å². The summed E-state index contributed by atoms with van der Waals surface area (Å²) in [6.07, 6.45) is 0.620. The van der Waals surface area contributed by atoms with E-state index in [2.05, 4.69) is 10.6 Å². The van der Waals surface area contributed by atoms with E-state index in [0.29, 0.717) is 18.5 Å². The number of hydrogen-bond acceptors (Lipinski definition) is 5. The van der Waals surface area contributed by atoms with E-state index >= 15 is 0 Å². The van der Waals surface area contributed by atoms with Crippen molar-refractivity contribution < 1.29 is 24.2 Å². The highest BCUT2D eigenvalue weighted by molar-refractivity contribution is 5.92. The number of amides is 3. The summed E-state index contributed by atoms with van der Waals surface area (Å²) in [5, 5.41) is 15.4. The molecule has 0 saturated heterocycles. The van der Waals surface area contributed by atoms with Crippen LogP contribution in [0.2, 0.25) is 0 Å². The third-order valence-electron chi connectivity index (χ3n) is 5.43. The van der Waals surface area contributed by atoms with E-state index in [9.17, 15) is 19.5 Å². The first kappa shape index (κ1) is 28.8. The SMILES string of the molecule is CCCCN(C(=O)C(CO)NC(=O)OC(C)(C)C)C(C(=O)NCc1ccccc1)c1cccc(C)c1. The molecule has 2 unspecified atom stereocenters. The molecule has 8 nitrogen and oxygen atoms in total. The maximum Gasteiger partial charge on any atom is 0.408 e. The fourth-order valence-corrected chi connectivity index (χ4v) is 3.73. The summed E-state index contributed by atoms with van der Waals surface area (Å²) in [4.78, 5) is 41.0. The summed E-state index contributed by atoms with van der Waals surface area (Å²) >= 11 is 0. The number of carbonyl (C=O) groups is 3. The van der Waals surface area contributed by atoms with E-state index in [1.165, 1.54) is 4.90 Å². The van der Waals surface area contributed by atoms with Gasteiger partial charge in [-0.2, -0.15) is 0 Å². The third-order valence-corrected chi connectivity index (χ3v) is 5.43. The van der Waals surface area contributed by atoms with E-state index in [1.54, 1.807) is 26.8 Å². The van der Waals surface area contributed by atoms with Gasteiger partial charge in [-0.25, -0.2) is 4.79 Å². The molecule has 196 valence electrons. The van der Waals surface area contributed by atoms with Crippen LogP contribution in [0.1, 0.15) is 63.3 Å². The molecule has 2 aromatic carbocycles. The van der Waals surface area contributed by atoms with Crippen LogP contribution in [0.5, 0.6) is 0 Å². The smallest absolute Gasteiger partial charge is 0.408 e. The predicted molar refractivity (Wildman–Crippen MR) is 139 cm³/mol. The number of nitrogens with one attached hydrogen (secondary N) is 2. The molecular formula is C28H39N3O5. The van der Waals surface area contributed by atoms with Gasteiger partial charge in [0, 0.05) is 13.1 Å². The zero-order valence-electron chi connectivity index (χ0n) is 21.9. The van der Waals surface area contributed by atoms with Crippen LogP contribution in [0.25, 0.3) is 0 Å². The lowest BCUT2D eigenvalue weighted by molar-refractivity contribution is -0.143. The Labute approximate surface area is 214 Å². The van der Waals surface area contributed by atoms with Gasteiger partial charge in [-0.1, -0.05) is 73.5 Å². The minimum atomic E-state index is -1.26. The van der Waals surface area contributed by atoms with Crippen LogP contribution in [0.3, 0.4) is 0 Å². The molecule has 0 aliphatic carbocycles. The standard InChI is InChI=1S/C28H39N3O5/c1-6-7-16-31(26(34)23(19-32)30-27(35)36-28(3,4)5)24(22-15-11-12-20(2)17-22)25(33)29-18-21-13-9-8-10-14-21/h8-15,17,23-24,32H,6-7,16,18-19H2,1-5H3,(H,29,33)(H,30,35). The monoisotopic (exact) mass is 497 g/mol. The fraction of sp³-hybridized carbons (Fsp3) is 0.464. The number of unbranched alkanes of at least 4 members (excludes halogenated alkanes) is 1. The molecule has 0 radical (unpaired) electrons. The van der Waals surface area contributed by atoms with E-state index in [4.69, 9.17) is 4.74 Å². The first-order chi connectivity index (χ1) is 17.1. The molecule has 36 heavy (non-hydrogen) atoms. The van der Waals surface area contributed by atoms with E-state index < -0.39 is 36.3 Å². The second-order valence-corrected chi connectivity index (χ2v) is 9.79. The van der Waals surface area contributed by atoms with Crippen molar-refractivity contribution in [1.29, 1.82) is 0 Å². The summed E-state index contributed by atoms with van der Waals surface area (Å²) in [7, 11) is 0. The Hall–Kier alpha value is -3.39. The Morgan fingerprint density at radius 2 is 1.75 bits per heavy atom. The molecule has 0 saturated carbocycles. The molecule has 0 aliphatic rings.